The number of rotatable bonds is 3. The molecule has 1 amide bonds. The molecule has 6 nitrogen and oxygen atoms in total. The van der Waals surface area contributed by atoms with Crippen molar-refractivity contribution in [3.63, 3.8) is 0 Å². The summed E-state index contributed by atoms with van der Waals surface area (Å²) >= 11 is 5.75. The first-order valence-electron chi connectivity index (χ1n) is 5.54. The van der Waals surface area contributed by atoms with Crippen LogP contribution in [0.2, 0.25) is 5.22 Å². The number of carbonyl (C=O) groups is 2. The molecule has 1 aromatic heterocycles. The van der Waals surface area contributed by atoms with Gasteiger partial charge in [-0.2, -0.15) is 0 Å². The lowest BCUT2D eigenvalue weighted by molar-refractivity contribution is -0.138. The van der Waals surface area contributed by atoms with Gasteiger partial charge in [0.25, 0.3) is 5.91 Å². The molecule has 0 atom stereocenters. The van der Waals surface area contributed by atoms with Gasteiger partial charge in [-0.3, -0.25) is 14.5 Å². The van der Waals surface area contributed by atoms with Crippen LogP contribution in [0.3, 0.4) is 0 Å². The molecule has 2 heterocycles. The summed E-state index contributed by atoms with van der Waals surface area (Å²) in [4.78, 5) is 26.1. The molecule has 0 aliphatic carbocycles. The van der Waals surface area contributed by atoms with Crippen molar-refractivity contribution >= 4 is 23.5 Å². The second-order valence-corrected chi connectivity index (χ2v) is 4.41. The topological polar surface area (TPSA) is 74.0 Å². The van der Waals surface area contributed by atoms with E-state index in [0.717, 1.165) is 0 Å². The van der Waals surface area contributed by atoms with Crippen molar-refractivity contribution in [1.29, 1.82) is 0 Å². The molecule has 18 heavy (non-hydrogen) atoms. The quantitative estimate of drug-likeness (QED) is 0.880. The molecule has 2 rings (SSSR count). The van der Waals surface area contributed by atoms with E-state index in [9.17, 15) is 9.59 Å². The highest BCUT2D eigenvalue weighted by molar-refractivity contribution is 6.32. The van der Waals surface area contributed by atoms with Gasteiger partial charge < -0.3 is 14.4 Å². The zero-order chi connectivity index (χ0) is 13.1. The van der Waals surface area contributed by atoms with Crippen molar-refractivity contribution in [2.75, 3.05) is 32.7 Å². The number of amides is 1. The molecule has 1 aliphatic heterocycles. The molecule has 0 saturated carbocycles. The number of piperazine rings is 1. The molecular formula is C11H13ClN2O4. The lowest BCUT2D eigenvalue weighted by Crippen LogP contribution is -2.49. The van der Waals surface area contributed by atoms with E-state index in [-0.39, 0.29) is 17.7 Å². The van der Waals surface area contributed by atoms with Crippen LogP contribution in [0.1, 0.15) is 10.4 Å². The average molecular weight is 273 g/mol. The molecule has 0 aromatic carbocycles. The third-order valence-electron chi connectivity index (χ3n) is 2.87. The summed E-state index contributed by atoms with van der Waals surface area (Å²) in [5.41, 5.74) is 0.350. The fraction of sp³-hybridized carbons (Fsp3) is 0.455. The lowest BCUT2D eigenvalue weighted by Gasteiger charge is -2.33. The van der Waals surface area contributed by atoms with Crippen LogP contribution in [-0.2, 0) is 4.79 Å². The zero-order valence-corrected chi connectivity index (χ0v) is 10.4. The molecule has 0 bridgehead atoms. The summed E-state index contributed by atoms with van der Waals surface area (Å²) in [7, 11) is 0. The molecule has 7 heteroatoms. The predicted molar refractivity (Wildman–Crippen MR) is 63.7 cm³/mol. The minimum absolute atomic E-state index is 0.00843. The fourth-order valence-electron chi connectivity index (χ4n) is 1.92. The van der Waals surface area contributed by atoms with Crippen LogP contribution in [0, 0.1) is 0 Å². The number of nitrogens with zero attached hydrogens (tertiary/aromatic N) is 2. The van der Waals surface area contributed by atoms with Gasteiger partial charge in [0.15, 0.2) is 0 Å². The Morgan fingerprint density at radius 3 is 2.50 bits per heavy atom. The van der Waals surface area contributed by atoms with Crippen molar-refractivity contribution in [2.24, 2.45) is 0 Å². The Labute approximate surface area is 109 Å². The maximum absolute atomic E-state index is 12.1. The first kappa shape index (κ1) is 12.9. The molecule has 1 aromatic rings. The second-order valence-electron chi connectivity index (χ2n) is 4.07. The number of hydrogen-bond donors (Lipinski definition) is 1. The van der Waals surface area contributed by atoms with Gasteiger partial charge in [0.05, 0.1) is 18.4 Å². The largest absolute Gasteiger partial charge is 0.480 e. The Balaban J connectivity index is 1.92. The Morgan fingerprint density at radius 2 is 2.00 bits per heavy atom. The van der Waals surface area contributed by atoms with Crippen molar-refractivity contribution in [3.05, 3.63) is 23.1 Å². The predicted octanol–water partition coefficient (Wildman–Crippen LogP) is 0.775. The molecule has 1 N–H and O–H groups in total. The van der Waals surface area contributed by atoms with Crippen LogP contribution in [0.4, 0.5) is 0 Å². The van der Waals surface area contributed by atoms with E-state index in [1.54, 1.807) is 9.80 Å². The molecule has 1 fully saturated rings. The summed E-state index contributed by atoms with van der Waals surface area (Å²) in [6, 6.07) is 1.54. The van der Waals surface area contributed by atoms with Gasteiger partial charge in [-0.05, 0) is 17.7 Å². The Bertz CT molecular complexity index is 452. The van der Waals surface area contributed by atoms with Crippen LogP contribution in [0.5, 0.6) is 0 Å². The van der Waals surface area contributed by atoms with Crippen LogP contribution >= 0.6 is 11.6 Å². The number of carboxylic acids is 1. The molecule has 0 radical (unpaired) electrons. The number of furan rings is 1. The summed E-state index contributed by atoms with van der Waals surface area (Å²) in [5, 5.41) is 8.77. The van der Waals surface area contributed by atoms with E-state index < -0.39 is 5.97 Å². The molecule has 0 spiro atoms. The molecular weight excluding hydrogens is 260 g/mol. The van der Waals surface area contributed by atoms with E-state index in [1.807, 2.05) is 0 Å². The van der Waals surface area contributed by atoms with E-state index >= 15 is 0 Å². The van der Waals surface area contributed by atoms with Gasteiger partial charge >= 0.3 is 5.97 Å². The number of aliphatic carboxylic acids is 1. The Morgan fingerprint density at radius 1 is 1.33 bits per heavy atom. The van der Waals surface area contributed by atoms with Gasteiger partial charge in [-0.15, -0.1) is 0 Å². The smallest absolute Gasteiger partial charge is 0.317 e. The highest BCUT2D eigenvalue weighted by Gasteiger charge is 2.25. The Hall–Kier alpha value is -1.53. The number of carboxylic acid groups (broad SMARTS) is 1. The minimum Gasteiger partial charge on any atom is -0.480 e. The van der Waals surface area contributed by atoms with E-state index in [1.165, 1.54) is 12.3 Å². The average Bonchev–Trinajstić information content (AvgIpc) is 2.75. The van der Waals surface area contributed by atoms with Crippen molar-refractivity contribution in [3.8, 4) is 0 Å². The minimum atomic E-state index is -0.854. The van der Waals surface area contributed by atoms with Gasteiger partial charge in [-0.25, -0.2) is 0 Å². The maximum Gasteiger partial charge on any atom is 0.317 e. The Kier molecular flexibility index (Phi) is 3.88. The SMILES string of the molecule is O=C(O)CN1CCN(C(=O)c2ccoc2Cl)CC1. The first-order valence-corrected chi connectivity index (χ1v) is 5.92. The van der Waals surface area contributed by atoms with Crippen LogP contribution in [0.25, 0.3) is 0 Å². The highest BCUT2D eigenvalue weighted by Crippen LogP contribution is 2.19. The standard InChI is InChI=1S/C11H13ClN2O4/c12-10-8(1-6-18-10)11(17)14-4-2-13(3-5-14)7-9(15)16/h1,6H,2-5,7H2,(H,15,16). The molecule has 98 valence electrons. The summed E-state index contributed by atoms with van der Waals surface area (Å²) < 4.78 is 4.88. The van der Waals surface area contributed by atoms with E-state index in [2.05, 4.69) is 0 Å². The first-order chi connectivity index (χ1) is 8.58. The lowest BCUT2D eigenvalue weighted by atomic mass is 10.2. The van der Waals surface area contributed by atoms with Crippen LogP contribution in [0.15, 0.2) is 16.7 Å². The maximum atomic E-state index is 12.1. The summed E-state index contributed by atoms with van der Waals surface area (Å²) in [6.07, 6.45) is 1.37. The zero-order valence-electron chi connectivity index (χ0n) is 9.63. The third-order valence-corrected chi connectivity index (χ3v) is 3.16. The number of halogens is 1. The number of carbonyl (C=O) groups excluding carboxylic acids is 1. The summed E-state index contributed by atoms with van der Waals surface area (Å²) in [5.74, 6) is -1.03. The highest BCUT2D eigenvalue weighted by atomic mass is 35.5. The molecule has 1 saturated heterocycles. The molecule has 1 aliphatic rings. The van der Waals surface area contributed by atoms with Crippen LogP contribution < -0.4 is 0 Å². The monoisotopic (exact) mass is 272 g/mol. The van der Waals surface area contributed by atoms with Gasteiger partial charge in [0.1, 0.15) is 0 Å². The van der Waals surface area contributed by atoms with Crippen molar-refractivity contribution < 1.29 is 19.1 Å². The van der Waals surface area contributed by atoms with Gasteiger partial charge in [-0.1, -0.05) is 0 Å². The second kappa shape index (κ2) is 5.41. The molecule has 0 unspecified atom stereocenters. The number of hydrogen-bond acceptors (Lipinski definition) is 4. The normalized spacial score (nSPS) is 16.8. The van der Waals surface area contributed by atoms with Crippen LogP contribution in [-0.4, -0.2) is 59.5 Å². The fourth-order valence-corrected chi connectivity index (χ4v) is 2.11. The van der Waals surface area contributed by atoms with Gasteiger partial charge in [0, 0.05) is 26.2 Å². The van der Waals surface area contributed by atoms with Gasteiger partial charge in [0.2, 0.25) is 5.22 Å². The third kappa shape index (κ3) is 2.83. The van der Waals surface area contributed by atoms with E-state index in [4.69, 9.17) is 21.1 Å². The summed E-state index contributed by atoms with van der Waals surface area (Å²) in [6.45, 7) is 2.09. The van der Waals surface area contributed by atoms with Crippen molar-refractivity contribution in [2.45, 2.75) is 0 Å². The van der Waals surface area contributed by atoms with E-state index in [0.29, 0.717) is 31.7 Å². The van der Waals surface area contributed by atoms with Crippen molar-refractivity contribution in [1.82, 2.24) is 9.80 Å².